The Balaban J connectivity index is 2.88. The van der Waals surface area contributed by atoms with Crippen LogP contribution in [-0.4, -0.2) is 9.39 Å². The highest BCUT2D eigenvalue weighted by molar-refractivity contribution is 14.1. The van der Waals surface area contributed by atoms with Crippen molar-refractivity contribution in [2.75, 3.05) is 0 Å². The first-order valence-corrected chi connectivity index (χ1v) is 6.95. The van der Waals surface area contributed by atoms with Crippen LogP contribution in [0, 0.1) is 5.82 Å². The van der Waals surface area contributed by atoms with E-state index in [4.69, 9.17) is 4.74 Å². The zero-order chi connectivity index (χ0) is 14.0. The topological polar surface area (TPSA) is 26.3 Å². The summed E-state index contributed by atoms with van der Waals surface area (Å²) in [5.74, 6) is -0.548. The van der Waals surface area contributed by atoms with Crippen LogP contribution < -0.4 is 0 Å². The standard InChI is InChI=1S/C14H18FIO2/c1-5-14(4,16)12(17)18-13(2,3)10-6-8-11(15)9-7-10/h6-9H,5H2,1-4H3. The fraction of sp³-hybridized carbons (Fsp3) is 0.500. The van der Waals surface area contributed by atoms with Gasteiger partial charge in [-0.3, -0.25) is 4.79 Å². The second-order valence-electron chi connectivity index (χ2n) is 4.96. The zero-order valence-corrected chi connectivity index (χ0v) is 13.2. The van der Waals surface area contributed by atoms with Gasteiger partial charge in [0.15, 0.2) is 0 Å². The summed E-state index contributed by atoms with van der Waals surface area (Å²) in [6, 6.07) is 6.01. The van der Waals surface area contributed by atoms with E-state index in [0.717, 1.165) is 5.56 Å². The summed E-state index contributed by atoms with van der Waals surface area (Å²) in [6.45, 7) is 7.40. The molecule has 0 radical (unpaired) electrons. The second kappa shape index (κ2) is 5.55. The van der Waals surface area contributed by atoms with Crippen molar-refractivity contribution < 1.29 is 13.9 Å². The third-order valence-electron chi connectivity index (χ3n) is 2.98. The molecule has 0 aliphatic carbocycles. The van der Waals surface area contributed by atoms with Gasteiger partial charge in [0.05, 0.1) is 0 Å². The Kier molecular flexibility index (Phi) is 4.75. The van der Waals surface area contributed by atoms with Gasteiger partial charge in [-0.25, -0.2) is 4.39 Å². The SMILES string of the molecule is CCC(C)(I)C(=O)OC(C)(C)c1ccc(F)cc1. The van der Waals surface area contributed by atoms with Gasteiger partial charge in [-0.2, -0.15) is 0 Å². The second-order valence-corrected chi connectivity index (χ2v) is 7.34. The third kappa shape index (κ3) is 3.67. The first-order valence-electron chi connectivity index (χ1n) is 5.87. The molecular weight excluding hydrogens is 346 g/mol. The van der Waals surface area contributed by atoms with Crippen LogP contribution in [0.25, 0.3) is 0 Å². The first-order chi connectivity index (χ1) is 8.19. The van der Waals surface area contributed by atoms with Crippen molar-refractivity contribution in [2.24, 2.45) is 0 Å². The van der Waals surface area contributed by atoms with Crippen LogP contribution >= 0.6 is 22.6 Å². The third-order valence-corrected chi connectivity index (χ3v) is 4.18. The average Bonchev–Trinajstić information content (AvgIpc) is 2.29. The molecule has 0 bridgehead atoms. The predicted octanol–water partition coefficient (Wildman–Crippen LogP) is 4.21. The van der Waals surface area contributed by atoms with Crippen molar-refractivity contribution in [3.8, 4) is 0 Å². The highest BCUT2D eigenvalue weighted by Gasteiger charge is 2.35. The quantitative estimate of drug-likeness (QED) is 0.455. The van der Waals surface area contributed by atoms with Gasteiger partial charge in [0.25, 0.3) is 0 Å². The summed E-state index contributed by atoms with van der Waals surface area (Å²) in [5.41, 5.74) is 0.0207. The van der Waals surface area contributed by atoms with E-state index < -0.39 is 9.02 Å². The fourth-order valence-corrected chi connectivity index (χ4v) is 1.50. The molecule has 0 heterocycles. The van der Waals surface area contributed by atoms with Crippen LogP contribution in [0.2, 0.25) is 0 Å². The number of hydrogen-bond acceptors (Lipinski definition) is 2. The summed E-state index contributed by atoms with van der Waals surface area (Å²) in [6.07, 6.45) is 0.700. The Bertz CT molecular complexity index is 424. The molecule has 0 aliphatic heterocycles. The van der Waals surface area contributed by atoms with Gasteiger partial charge in [0.2, 0.25) is 0 Å². The van der Waals surface area contributed by atoms with E-state index in [-0.39, 0.29) is 11.8 Å². The summed E-state index contributed by atoms with van der Waals surface area (Å²) in [7, 11) is 0. The molecule has 0 amide bonds. The largest absolute Gasteiger partial charge is 0.454 e. The lowest BCUT2D eigenvalue weighted by Crippen LogP contribution is -2.36. The van der Waals surface area contributed by atoms with Gasteiger partial charge in [-0.05, 0) is 44.9 Å². The Hall–Kier alpha value is -0.650. The Morgan fingerprint density at radius 1 is 1.28 bits per heavy atom. The van der Waals surface area contributed by atoms with Crippen LogP contribution in [0.1, 0.15) is 39.7 Å². The minimum atomic E-state index is -0.758. The number of hydrogen-bond donors (Lipinski definition) is 0. The lowest BCUT2D eigenvalue weighted by Gasteiger charge is -2.30. The molecule has 1 rings (SSSR count). The van der Waals surface area contributed by atoms with E-state index in [1.165, 1.54) is 12.1 Å². The number of alkyl halides is 1. The van der Waals surface area contributed by atoms with Crippen LogP contribution in [0.5, 0.6) is 0 Å². The lowest BCUT2D eigenvalue weighted by molar-refractivity contribution is -0.159. The van der Waals surface area contributed by atoms with Gasteiger partial charge in [0, 0.05) is 0 Å². The highest BCUT2D eigenvalue weighted by Crippen LogP contribution is 2.31. The highest BCUT2D eigenvalue weighted by atomic mass is 127. The normalized spacial score (nSPS) is 15.0. The van der Waals surface area contributed by atoms with E-state index >= 15 is 0 Å². The number of carbonyl (C=O) groups excluding carboxylic acids is 1. The molecule has 0 aliphatic rings. The van der Waals surface area contributed by atoms with Crippen molar-refractivity contribution in [1.82, 2.24) is 0 Å². The zero-order valence-electron chi connectivity index (χ0n) is 11.1. The van der Waals surface area contributed by atoms with Crippen LogP contribution in [0.4, 0.5) is 4.39 Å². The molecule has 0 saturated heterocycles. The molecule has 1 unspecified atom stereocenters. The monoisotopic (exact) mass is 364 g/mol. The van der Waals surface area contributed by atoms with Gasteiger partial charge in [-0.15, -0.1) is 0 Å². The maximum Gasteiger partial charge on any atom is 0.322 e. The molecule has 1 aromatic rings. The molecule has 2 nitrogen and oxygen atoms in total. The van der Waals surface area contributed by atoms with E-state index in [9.17, 15) is 9.18 Å². The fourth-order valence-electron chi connectivity index (χ4n) is 1.39. The minimum Gasteiger partial charge on any atom is -0.454 e. The van der Waals surface area contributed by atoms with Crippen LogP contribution in [0.15, 0.2) is 24.3 Å². The van der Waals surface area contributed by atoms with Gasteiger partial charge in [-0.1, -0.05) is 41.6 Å². The summed E-state index contributed by atoms with van der Waals surface area (Å²) < 4.78 is 17.9. The average molecular weight is 364 g/mol. The summed E-state index contributed by atoms with van der Waals surface area (Å²) in [4.78, 5) is 12.0. The van der Waals surface area contributed by atoms with Crippen molar-refractivity contribution in [1.29, 1.82) is 0 Å². The molecule has 4 heteroatoms. The molecule has 18 heavy (non-hydrogen) atoms. The Labute approximate surface area is 121 Å². The maximum absolute atomic E-state index is 12.9. The molecule has 1 aromatic carbocycles. The number of benzene rings is 1. The molecule has 0 saturated carbocycles. The summed E-state index contributed by atoms with van der Waals surface area (Å²) >= 11 is 2.10. The molecular formula is C14H18FIO2. The molecule has 0 fully saturated rings. The molecule has 100 valence electrons. The minimum absolute atomic E-state index is 0.250. The number of carbonyl (C=O) groups is 1. The lowest BCUT2D eigenvalue weighted by atomic mass is 9.97. The van der Waals surface area contributed by atoms with Crippen LogP contribution in [0.3, 0.4) is 0 Å². The smallest absolute Gasteiger partial charge is 0.322 e. The predicted molar refractivity (Wildman–Crippen MR) is 78.2 cm³/mol. The van der Waals surface area contributed by atoms with Crippen molar-refractivity contribution in [2.45, 2.75) is 43.1 Å². The summed E-state index contributed by atoms with van der Waals surface area (Å²) in [5, 5.41) is 0. The maximum atomic E-state index is 12.9. The Morgan fingerprint density at radius 3 is 2.22 bits per heavy atom. The number of rotatable bonds is 4. The van der Waals surface area contributed by atoms with Gasteiger partial charge >= 0.3 is 5.97 Å². The molecule has 0 aromatic heterocycles. The van der Waals surface area contributed by atoms with Gasteiger partial charge < -0.3 is 4.74 Å². The van der Waals surface area contributed by atoms with Crippen LogP contribution in [-0.2, 0) is 15.1 Å². The van der Waals surface area contributed by atoms with Crippen molar-refractivity contribution >= 4 is 28.6 Å². The van der Waals surface area contributed by atoms with Gasteiger partial charge in [0.1, 0.15) is 14.8 Å². The van der Waals surface area contributed by atoms with Crippen molar-refractivity contribution in [3.63, 3.8) is 0 Å². The van der Waals surface area contributed by atoms with Crippen molar-refractivity contribution in [3.05, 3.63) is 35.6 Å². The number of esters is 1. The van der Waals surface area contributed by atoms with E-state index in [2.05, 4.69) is 22.6 Å². The molecule has 0 spiro atoms. The molecule has 1 atom stereocenters. The van der Waals surface area contributed by atoms with E-state index in [0.29, 0.717) is 6.42 Å². The molecule has 0 N–H and O–H groups in total. The van der Waals surface area contributed by atoms with E-state index in [1.54, 1.807) is 26.0 Å². The first kappa shape index (κ1) is 15.4. The van der Waals surface area contributed by atoms with E-state index in [1.807, 2.05) is 13.8 Å². The number of halogens is 2. The Morgan fingerprint density at radius 2 is 1.78 bits per heavy atom. The number of ether oxygens (including phenoxy) is 1.